The molecule has 0 saturated carbocycles. The molecule has 1 amide bonds. The van der Waals surface area contributed by atoms with Crippen LogP contribution in [0.5, 0.6) is 0 Å². The lowest BCUT2D eigenvalue weighted by molar-refractivity contribution is 0.0653. The number of pyridine rings is 1. The highest BCUT2D eigenvalue weighted by Crippen LogP contribution is 2.34. The molecule has 5 heterocycles. The van der Waals surface area contributed by atoms with Crippen molar-refractivity contribution in [1.29, 1.82) is 0 Å². The van der Waals surface area contributed by atoms with Crippen LogP contribution >= 0.6 is 0 Å². The summed E-state index contributed by atoms with van der Waals surface area (Å²) in [5.41, 5.74) is 4.28. The predicted molar refractivity (Wildman–Crippen MR) is 96.2 cm³/mol. The molecule has 136 valence electrons. The van der Waals surface area contributed by atoms with Gasteiger partial charge in [0.05, 0.1) is 28.9 Å². The number of carbonyl (C=O) groups excluding carboxylic acids is 1. The Kier molecular flexibility index (Phi) is 3.56. The normalized spacial score (nSPS) is 16.6. The van der Waals surface area contributed by atoms with Crippen molar-refractivity contribution >= 4 is 11.4 Å². The molecule has 0 aliphatic carbocycles. The molecule has 0 unspecified atom stereocenters. The van der Waals surface area contributed by atoms with Crippen LogP contribution in [0.2, 0.25) is 0 Å². The van der Waals surface area contributed by atoms with E-state index in [1.807, 2.05) is 41.9 Å². The lowest BCUT2D eigenvalue weighted by Gasteiger charge is -2.33. The largest absolute Gasteiger partial charge is 0.438 e. The van der Waals surface area contributed by atoms with E-state index in [-0.39, 0.29) is 11.9 Å². The topological polar surface area (TPSA) is 92.3 Å². The third kappa shape index (κ3) is 2.44. The number of imidazole rings is 1. The zero-order valence-corrected chi connectivity index (χ0v) is 14.8. The number of amides is 1. The van der Waals surface area contributed by atoms with Gasteiger partial charge in [-0.25, -0.2) is 14.5 Å². The first kappa shape index (κ1) is 15.8. The molecule has 4 aromatic rings. The van der Waals surface area contributed by atoms with Gasteiger partial charge in [0.2, 0.25) is 5.76 Å². The molecule has 1 aliphatic heterocycles. The number of aryl methyl sites for hydroxylation is 1. The van der Waals surface area contributed by atoms with E-state index in [2.05, 4.69) is 15.0 Å². The Balaban J connectivity index is 1.63. The minimum Gasteiger partial charge on any atom is -0.438 e. The van der Waals surface area contributed by atoms with Crippen molar-refractivity contribution < 1.29 is 9.21 Å². The highest BCUT2D eigenvalue weighted by molar-refractivity contribution is 5.93. The predicted octanol–water partition coefficient (Wildman–Crippen LogP) is 2.40. The van der Waals surface area contributed by atoms with Gasteiger partial charge in [0.15, 0.2) is 6.39 Å². The number of nitrogens with zero attached hydrogens (tertiary/aromatic N) is 5. The number of hydrogen-bond donors (Lipinski definition) is 1. The van der Waals surface area contributed by atoms with E-state index < -0.39 is 0 Å². The Morgan fingerprint density at radius 3 is 3.15 bits per heavy atom. The average Bonchev–Trinajstić information content (AvgIpc) is 3.44. The first-order chi connectivity index (χ1) is 13.3. The fourth-order valence-corrected chi connectivity index (χ4v) is 3.71. The van der Waals surface area contributed by atoms with Crippen molar-refractivity contribution in [2.75, 3.05) is 6.54 Å². The van der Waals surface area contributed by atoms with Gasteiger partial charge in [0.25, 0.3) is 5.91 Å². The number of aromatic nitrogens is 5. The van der Waals surface area contributed by atoms with Gasteiger partial charge in [-0.1, -0.05) is 13.0 Å². The minimum atomic E-state index is -0.373. The van der Waals surface area contributed by atoms with Crippen LogP contribution in [0.25, 0.3) is 5.52 Å². The quantitative estimate of drug-likeness (QED) is 0.604. The number of rotatable bonds is 3. The summed E-state index contributed by atoms with van der Waals surface area (Å²) in [5, 5.41) is 4.69. The standard InChI is InChI=1S/C19H18N6O2/c1-2-13-18(27-11-22-13)19(26)24-8-6-14-16(21-10-20-14)17(24)15-9-12-5-3-4-7-25(12)23-15/h3-5,7,9-11,17H,2,6,8H2,1H3,(H,20,21)/t17-/m1/s1. The lowest BCUT2D eigenvalue weighted by Crippen LogP contribution is -2.41. The van der Waals surface area contributed by atoms with Gasteiger partial charge in [-0.05, 0) is 24.6 Å². The van der Waals surface area contributed by atoms with Crippen molar-refractivity contribution in [2.24, 2.45) is 0 Å². The molecule has 0 aromatic carbocycles. The van der Waals surface area contributed by atoms with Crippen LogP contribution in [-0.2, 0) is 12.8 Å². The van der Waals surface area contributed by atoms with E-state index in [1.54, 1.807) is 11.2 Å². The van der Waals surface area contributed by atoms with Gasteiger partial charge in [-0.2, -0.15) is 5.10 Å². The van der Waals surface area contributed by atoms with E-state index in [1.165, 1.54) is 6.39 Å². The number of hydrogen-bond acceptors (Lipinski definition) is 5. The van der Waals surface area contributed by atoms with Crippen molar-refractivity contribution in [3.05, 3.63) is 71.7 Å². The van der Waals surface area contributed by atoms with Gasteiger partial charge < -0.3 is 14.3 Å². The fraction of sp³-hybridized carbons (Fsp3) is 0.263. The first-order valence-corrected chi connectivity index (χ1v) is 8.96. The SMILES string of the molecule is CCc1ncoc1C(=O)N1CCc2[nH]cnc2[C@H]1c1cc2ccccn2n1. The maximum atomic E-state index is 13.3. The molecular formula is C19H18N6O2. The molecule has 0 radical (unpaired) electrons. The maximum absolute atomic E-state index is 13.3. The van der Waals surface area contributed by atoms with E-state index in [9.17, 15) is 4.79 Å². The Bertz CT molecular complexity index is 1090. The Morgan fingerprint density at radius 2 is 2.30 bits per heavy atom. The highest BCUT2D eigenvalue weighted by atomic mass is 16.3. The van der Waals surface area contributed by atoms with Crippen molar-refractivity contribution in [3.63, 3.8) is 0 Å². The van der Waals surface area contributed by atoms with Crippen molar-refractivity contribution in [3.8, 4) is 0 Å². The van der Waals surface area contributed by atoms with Crippen LogP contribution in [0, 0.1) is 0 Å². The molecular weight excluding hydrogens is 344 g/mol. The number of oxazole rings is 1. The highest BCUT2D eigenvalue weighted by Gasteiger charge is 2.37. The number of H-pyrrole nitrogens is 1. The summed E-state index contributed by atoms with van der Waals surface area (Å²) in [6.45, 7) is 2.51. The van der Waals surface area contributed by atoms with E-state index in [0.717, 1.165) is 22.6 Å². The molecule has 27 heavy (non-hydrogen) atoms. The molecule has 0 saturated heterocycles. The summed E-state index contributed by atoms with van der Waals surface area (Å²) >= 11 is 0. The zero-order chi connectivity index (χ0) is 18.4. The summed E-state index contributed by atoms with van der Waals surface area (Å²) in [5.74, 6) is 0.116. The number of aromatic amines is 1. The lowest BCUT2D eigenvalue weighted by atomic mass is 9.99. The van der Waals surface area contributed by atoms with Gasteiger partial charge in [0.1, 0.15) is 6.04 Å². The van der Waals surface area contributed by atoms with Crippen LogP contribution in [-0.4, -0.2) is 41.9 Å². The van der Waals surface area contributed by atoms with Gasteiger partial charge in [-0.15, -0.1) is 0 Å². The molecule has 1 aliphatic rings. The monoisotopic (exact) mass is 362 g/mol. The third-order valence-corrected chi connectivity index (χ3v) is 5.03. The van der Waals surface area contributed by atoms with Gasteiger partial charge >= 0.3 is 0 Å². The number of nitrogens with one attached hydrogen (secondary N) is 1. The summed E-state index contributed by atoms with van der Waals surface area (Å²) in [7, 11) is 0. The Morgan fingerprint density at radius 1 is 1.37 bits per heavy atom. The van der Waals surface area contributed by atoms with Crippen LogP contribution in [0.3, 0.4) is 0 Å². The molecule has 5 rings (SSSR count). The molecule has 8 nitrogen and oxygen atoms in total. The van der Waals surface area contributed by atoms with E-state index in [4.69, 9.17) is 9.52 Å². The fourth-order valence-electron chi connectivity index (χ4n) is 3.71. The smallest absolute Gasteiger partial charge is 0.292 e. The molecule has 4 aromatic heterocycles. The van der Waals surface area contributed by atoms with Gasteiger partial charge in [-0.3, -0.25) is 4.79 Å². The molecule has 0 bridgehead atoms. The summed E-state index contributed by atoms with van der Waals surface area (Å²) < 4.78 is 7.24. The first-order valence-electron chi connectivity index (χ1n) is 8.96. The van der Waals surface area contributed by atoms with Crippen molar-refractivity contribution in [2.45, 2.75) is 25.8 Å². The van der Waals surface area contributed by atoms with Crippen molar-refractivity contribution in [1.82, 2.24) is 29.5 Å². The Labute approximate surface area is 154 Å². The number of fused-ring (bicyclic) bond motifs is 2. The van der Waals surface area contributed by atoms with E-state index in [0.29, 0.717) is 30.8 Å². The second-order valence-electron chi connectivity index (χ2n) is 6.54. The minimum absolute atomic E-state index is 0.181. The van der Waals surface area contributed by atoms with Gasteiger partial charge in [0, 0.05) is 24.9 Å². The summed E-state index contributed by atoms with van der Waals surface area (Å²) in [6.07, 6.45) is 6.24. The third-order valence-electron chi connectivity index (χ3n) is 5.03. The molecule has 1 N–H and O–H groups in total. The molecule has 8 heteroatoms. The molecule has 0 fully saturated rings. The zero-order valence-electron chi connectivity index (χ0n) is 14.8. The van der Waals surface area contributed by atoms with Crippen LogP contribution < -0.4 is 0 Å². The number of carbonyl (C=O) groups is 1. The second kappa shape index (κ2) is 6.08. The molecule has 0 spiro atoms. The van der Waals surface area contributed by atoms with E-state index >= 15 is 0 Å². The maximum Gasteiger partial charge on any atom is 0.292 e. The average molecular weight is 362 g/mol. The molecule has 1 atom stereocenters. The second-order valence-corrected chi connectivity index (χ2v) is 6.54. The summed E-state index contributed by atoms with van der Waals surface area (Å²) in [4.78, 5) is 26.9. The summed E-state index contributed by atoms with van der Waals surface area (Å²) in [6, 6.07) is 7.50. The van der Waals surface area contributed by atoms with Crippen LogP contribution in [0.15, 0.2) is 47.6 Å². The van der Waals surface area contributed by atoms with Crippen LogP contribution in [0.1, 0.15) is 46.3 Å². The Hall–Kier alpha value is -3.42. The van der Waals surface area contributed by atoms with Crippen LogP contribution in [0.4, 0.5) is 0 Å².